The minimum atomic E-state index is -0.848. The van der Waals surface area contributed by atoms with Crippen LogP contribution in [-0.4, -0.2) is 66.3 Å². The number of fused-ring (bicyclic) bond motifs is 1. The number of piperazine rings is 1. The van der Waals surface area contributed by atoms with Crippen LogP contribution in [0.4, 0.5) is 8.78 Å². The van der Waals surface area contributed by atoms with E-state index in [-0.39, 0.29) is 5.91 Å². The van der Waals surface area contributed by atoms with Crippen molar-refractivity contribution in [2.75, 3.05) is 26.2 Å². The van der Waals surface area contributed by atoms with E-state index in [1.807, 2.05) is 28.8 Å². The van der Waals surface area contributed by atoms with Gasteiger partial charge in [0.25, 0.3) is 5.91 Å². The van der Waals surface area contributed by atoms with Gasteiger partial charge in [-0.1, -0.05) is 12.1 Å². The van der Waals surface area contributed by atoms with Gasteiger partial charge in [0.2, 0.25) is 0 Å². The van der Waals surface area contributed by atoms with Gasteiger partial charge in [-0.2, -0.15) is 10.2 Å². The third-order valence-electron chi connectivity index (χ3n) is 5.95. The predicted molar refractivity (Wildman–Crippen MR) is 125 cm³/mol. The van der Waals surface area contributed by atoms with Crippen LogP contribution < -0.4 is 0 Å². The summed E-state index contributed by atoms with van der Waals surface area (Å²) in [5, 5.41) is 9.11. The van der Waals surface area contributed by atoms with Crippen LogP contribution in [0, 0.1) is 11.6 Å². The smallest absolute Gasteiger partial charge is 0.274 e. The Kier molecular flexibility index (Phi) is 6.13. The molecule has 34 heavy (non-hydrogen) atoms. The molecule has 5 rings (SSSR count). The van der Waals surface area contributed by atoms with E-state index in [2.05, 4.69) is 31.1 Å². The normalized spacial score (nSPS) is 14.8. The highest BCUT2D eigenvalue weighted by Gasteiger charge is 2.26. The summed E-state index contributed by atoms with van der Waals surface area (Å²) in [5.41, 5.74) is 2.62. The largest absolute Gasteiger partial charge is 0.335 e. The van der Waals surface area contributed by atoms with Gasteiger partial charge in [-0.3, -0.25) is 14.4 Å². The molecule has 1 aromatic carbocycles. The number of hydrogen-bond donors (Lipinski definition) is 0. The van der Waals surface area contributed by atoms with Crippen LogP contribution in [0.15, 0.2) is 47.2 Å². The Morgan fingerprint density at radius 1 is 1.12 bits per heavy atom. The molecule has 1 aliphatic rings. The molecule has 4 aromatic rings. The second-order valence-corrected chi connectivity index (χ2v) is 8.95. The molecule has 0 spiro atoms. The lowest BCUT2D eigenvalue weighted by Crippen LogP contribution is -2.48. The Balaban J connectivity index is 1.31. The number of rotatable bonds is 5. The first-order chi connectivity index (χ1) is 16.4. The zero-order valence-electron chi connectivity index (χ0n) is 18.5. The minimum Gasteiger partial charge on any atom is -0.335 e. The van der Waals surface area contributed by atoms with E-state index < -0.39 is 11.6 Å². The molecular weight excluding hydrogens is 508 g/mol. The average Bonchev–Trinajstić information content (AvgIpc) is 3.45. The molecule has 4 heterocycles. The van der Waals surface area contributed by atoms with Crippen molar-refractivity contribution < 1.29 is 13.6 Å². The first-order valence-corrected chi connectivity index (χ1v) is 11.8. The summed E-state index contributed by atoms with van der Waals surface area (Å²) in [4.78, 5) is 21.2. The first-order valence-electron chi connectivity index (χ1n) is 11.0. The number of benzene rings is 1. The summed E-state index contributed by atoms with van der Waals surface area (Å²) >= 11 is 3.55. The molecule has 3 aromatic heterocycles. The van der Waals surface area contributed by atoms with Gasteiger partial charge >= 0.3 is 0 Å². The Morgan fingerprint density at radius 3 is 2.65 bits per heavy atom. The van der Waals surface area contributed by atoms with Crippen molar-refractivity contribution in [1.82, 2.24) is 34.2 Å². The second-order valence-electron chi connectivity index (χ2n) is 8.09. The maximum Gasteiger partial charge on any atom is 0.274 e. The summed E-state index contributed by atoms with van der Waals surface area (Å²) < 4.78 is 31.8. The second kappa shape index (κ2) is 9.22. The van der Waals surface area contributed by atoms with Crippen molar-refractivity contribution in [2.24, 2.45) is 0 Å². The summed E-state index contributed by atoms with van der Waals surface area (Å²) in [7, 11) is 0. The molecule has 0 atom stereocenters. The van der Waals surface area contributed by atoms with Crippen LogP contribution in [-0.2, 0) is 13.1 Å². The molecule has 0 radical (unpaired) electrons. The topological polar surface area (TPSA) is 71.6 Å². The van der Waals surface area contributed by atoms with Gasteiger partial charge in [0.1, 0.15) is 5.69 Å². The van der Waals surface area contributed by atoms with E-state index in [0.29, 0.717) is 49.6 Å². The molecule has 1 amide bonds. The fourth-order valence-electron chi connectivity index (χ4n) is 4.09. The maximum atomic E-state index is 14.0. The summed E-state index contributed by atoms with van der Waals surface area (Å²) in [6.07, 6.45) is 3.56. The van der Waals surface area contributed by atoms with Crippen LogP contribution >= 0.6 is 15.9 Å². The van der Waals surface area contributed by atoms with Crippen LogP contribution in [0.3, 0.4) is 0 Å². The number of amides is 1. The van der Waals surface area contributed by atoms with Crippen LogP contribution in [0.5, 0.6) is 0 Å². The van der Waals surface area contributed by atoms with E-state index >= 15 is 0 Å². The number of aromatic nitrogens is 5. The minimum absolute atomic E-state index is 0.189. The number of carbonyl (C=O) groups excluding carboxylic acids is 1. The van der Waals surface area contributed by atoms with E-state index in [1.54, 1.807) is 27.7 Å². The molecule has 0 unspecified atom stereocenters. The van der Waals surface area contributed by atoms with E-state index in [0.717, 1.165) is 28.5 Å². The maximum absolute atomic E-state index is 14.0. The van der Waals surface area contributed by atoms with Crippen molar-refractivity contribution in [3.05, 3.63) is 70.1 Å². The number of halogens is 3. The summed E-state index contributed by atoms with van der Waals surface area (Å²) in [5.74, 6) is -1.85. The molecule has 1 aliphatic heterocycles. The molecule has 1 fully saturated rings. The Hall–Kier alpha value is -3.18. The molecule has 8 nitrogen and oxygen atoms in total. The average molecular weight is 530 g/mol. The molecule has 1 saturated heterocycles. The SMILES string of the molecule is CCn1cc(Br)c(-c2ccnc3cc(C(=O)N4CCN(Cc5cccc(F)c5F)CC4)nn23)n1. The van der Waals surface area contributed by atoms with Crippen molar-refractivity contribution >= 4 is 27.5 Å². The van der Waals surface area contributed by atoms with Crippen molar-refractivity contribution in [2.45, 2.75) is 20.0 Å². The van der Waals surface area contributed by atoms with Gasteiger partial charge in [0.15, 0.2) is 23.0 Å². The molecular formula is C23H22BrF2N7O. The lowest BCUT2D eigenvalue weighted by Gasteiger charge is -2.34. The zero-order chi connectivity index (χ0) is 23.8. The molecule has 0 saturated carbocycles. The quantitative estimate of drug-likeness (QED) is 0.395. The van der Waals surface area contributed by atoms with Crippen molar-refractivity contribution in [3.8, 4) is 11.4 Å². The summed E-state index contributed by atoms with van der Waals surface area (Å²) in [6, 6.07) is 7.68. The van der Waals surface area contributed by atoms with Gasteiger partial charge in [-0.05, 0) is 35.0 Å². The lowest BCUT2D eigenvalue weighted by molar-refractivity contribution is 0.0621. The number of hydrogen-bond acceptors (Lipinski definition) is 5. The lowest BCUT2D eigenvalue weighted by atomic mass is 10.1. The Bertz CT molecular complexity index is 1360. The van der Waals surface area contributed by atoms with Gasteiger partial charge in [0, 0.05) is 63.3 Å². The number of aryl methyl sites for hydroxylation is 1. The van der Waals surface area contributed by atoms with Gasteiger partial charge in [0.05, 0.1) is 10.2 Å². The third kappa shape index (κ3) is 4.21. The predicted octanol–water partition coefficient (Wildman–Crippen LogP) is 3.61. The Labute approximate surface area is 202 Å². The highest BCUT2D eigenvalue weighted by atomic mass is 79.9. The fraction of sp³-hybridized carbons (Fsp3) is 0.304. The van der Waals surface area contributed by atoms with Crippen molar-refractivity contribution in [3.63, 3.8) is 0 Å². The standard InChI is InChI=1S/C23H22BrF2N7O/c1-2-32-14-16(24)22(29-32)19-6-7-27-20-12-18(28-33(19)20)23(34)31-10-8-30(9-11-31)13-15-4-3-5-17(25)21(15)26/h3-7,12,14H,2,8-11,13H2,1H3. The molecule has 0 aliphatic carbocycles. The molecule has 0 N–H and O–H groups in total. The van der Waals surface area contributed by atoms with E-state index in [1.165, 1.54) is 6.07 Å². The van der Waals surface area contributed by atoms with Crippen molar-refractivity contribution in [1.29, 1.82) is 0 Å². The van der Waals surface area contributed by atoms with E-state index in [4.69, 9.17) is 0 Å². The van der Waals surface area contributed by atoms with Gasteiger partial charge < -0.3 is 4.90 Å². The molecule has 176 valence electrons. The molecule has 11 heteroatoms. The molecule has 0 bridgehead atoms. The third-order valence-corrected chi connectivity index (χ3v) is 6.53. The summed E-state index contributed by atoms with van der Waals surface area (Å²) in [6.45, 7) is 5.08. The fourth-order valence-corrected chi connectivity index (χ4v) is 4.61. The highest BCUT2D eigenvalue weighted by Crippen LogP contribution is 2.27. The van der Waals surface area contributed by atoms with Gasteiger partial charge in [-0.25, -0.2) is 18.3 Å². The van der Waals surface area contributed by atoms with Gasteiger partial charge in [-0.15, -0.1) is 0 Å². The number of nitrogens with zero attached hydrogens (tertiary/aromatic N) is 7. The highest BCUT2D eigenvalue weighted by molar-refractivity contribution is 9.10. The monoisotopic (exact) mass is 529 g/mol. The zero-order valence-corrected chi connectivity index (χ0v) is 20.0. The Morgan fingerprint density at radius 2 is 1.91 bits per heavy atom. The van der Waals surface area contributed by atoms with E-state index in [9.17, 15) is 13.6 Å². The van der Waals surface area contributed by atoms with Crippen LogP contribution in [0.2, 0.25) is 0 Å². The first kappa shape index (κ1) is 22.6. The van der Waals surface area contributed by atoms with Crippen LogP contribution in [0.1, 0.15) is 23.0 Å². The van der Waals surface area contributed by atoms with Crippen LogP contribution in [0.25, 0.3) is 17.0 Å². The number of carbonyl (C=O) groups is 1.